The monoisotopic (exact) mass is 489 g/mol. The van der Waals surface area contributed by atoms with E-state index in [1.807, 2.05) is 17.0 Å². The Hall–Kier alpha value is -3.65. The van der Waals surface area contributed by atoms with Crippen molar-refractivity contribution >= 4 is 27.5 Å². The van der Waals surface area contributed by atoms with Crippen LogP contribution in [0.25, 0.3) is 0 Å². The van der Waals surface area contributed by atoms with E-state index in [1.165, 1.54) is 5.56 Å². The van der Waals surface area contributed by atoms with Crippen LogP contribution in [0, 0.1) is 13.8 Å². The highest BCUT2D eigenvalue weighted by molar-refractivity contribution is 7.90. The SMILES string of the molecule is Cc1cccc(OC2CCN(C(=O)c3ccc(NC4=NS(=O)(=O)c5ccccc54)cc3)CC2)c1C. The van der Waals surface area contributed by atoms with Crippen molar-refractivity contribution in [3.05, 3.63) is 89.0 Å². The summed E-state index contributed by atoms with van der Waals surface area (Å²) in [6.45, 7) is 5.42. The predicted molar refractivity (Wildman–Crippen MR) is 136 cm³/mol. The number of nitrogens with one attached hydrogen (secondary N) is 1. The lowest BCUT2D eigenvalue weighted by atomic mass is 10.0. The molecule has 1 fully saturated rings. The van der Waals surface area contributed by atoms with Gasteiger partial charge in [-0.2, -0.15) is 8.42 Å². The second-order valence-corrected chi connectivity index (χ2v) is 10.5. The summed E-state index contributed by atoms with van der Waals surface area (Å²) < 4.78 is 34.6. The van der Waals surface area contributed by atoms with Gasteiger partial charge in [0.05, 0.1) is 0 Å². The Bertz CT molecular complexity index is 1410. The van der Waals surface area contributed by atoms with Crippen molar-refractivity contribution in [2.24, 2.45) is 4.40 Å². The van der Waals surface area contributed by atoms with E-state index in [4.69, 9.17) is 4.74 Å². The van der Waals surface area contributed by atoms with Crippen LogP contribution in [-0.2, 0) is 10.0 Å². The van der Waals surface area contributed by atoms with E-state index < -0.39 is 10.0 Å². The number of rotatable bonds is 4. The third-order valence-electron chi connectivity index (χ3n) is 6.60. The molecule has 0 spiro atoms. The van der Waals surface area contributed by atoms with Crippen molar-refractivity contribution in [3.8, 4) is 5.75 Å². The lowest BCUT2D eigenvalue weighted by molar-refractivity contribution is 0.0594. The van der Waals surface area contributed by atoms with Gasteiger partial charge < -0.3 is 15.0 Å². The minimum Gasteiger partial charge on any atom is -0.490 e. The lowest BCUT2D eigenvalue weighted by Gasteiger charge is -2.32. The minimum absolute atomic E-state index is 0.0205. The zero-order valence-electron chi connectivity index (χ0n) is 19.7. The van der Waals surface area contributed by atoms with Crippen LogP contribution in [0.2, 0.25) is 0 Å². The first-order valence-corrected chi connectivity index (χ1v) is 13.1. The van der Waals surface area contributed by atoms with Crippen molar-refractivity contribution in [2.75, 3.05) is 18.4 Å². The zero-order chi connectivity index (χ0) is 24.6. The molecule has 0 unspecified atom stereocenters. The molecule has 5 rings (SSSR count). The highest BCUT2D eigenvalue weighted by Gasteiger charge is 2.29. The summed E-state index contributed by atoms with van der Waals surface area (Å²) in [4.78, 5) is 15.1. The molecule has 3 aromatic rings. The highest BCUT2D eigenvalue weighted by Crippen LogP contribution is 2.28. The van der Waals surface area contributed by atoms with E-state index in [0.717, 1.165) is 24.2 Å². The third kappa shape index (κ3) is 4.66. The molecule has 0 radical (unpaired) electrons. The maximum Gasteiger partial charge on any atom is 0.285 e. The molecule has 3 aromatic carbocycles. The fraction of sp³-hybridized carbons (Fsp3) is 0.259. The summed E-state index contributed by atoms with van der Waals surface area (Å²) >= 11 is 0. The van der Waals surface area contributed by atoms with Crippen LogP contribution < -0.4 is 10.1 Å². The van der Waals surface area contributed by atoms with Crippen LogP contribution in [0.4, 0.5) is 5.69 Å². The average Bonchev–Trinajstić information content (AvgIpc) is 3.12. The number of piperidine rings is 1. The molecular weight excluding hydrogens is 462 g/mol. The lowest BCUT2D eigenvalue weighted by Crippen LogP contribution is -2.41. The Morgan fingerprint density at radius 3 is 2.43 bits per heavy atom. The van der Waals surface area contributed by atoms with Crippen molar-refractivity contribution in [3.63, 3.8) is 0 Å². The topological polar surface area (TPSA) is 88.1 Å². The number of sulfonamides is 1. The molecule has 2 heterocycles. The summed E-state index contributed by atoms with van der Waals surface area (Å²) in [6.07, 6.45) is 1.66. The van der Waals surface area contributed by atoms with Gasteiger partial charge in [0.25, 0.3) is 15.9 Å². The van der Waals surface area contributed by atoms with Crippen LogP contribution in [0.5, 0.6) is 5.75 Å². The molecule has 2 aliphatic heterocycles. The maximum absolute atomic E-state index is 13.0. The van der Waals surface area contributed by atoms with Crippen molar-refractivity contribution in [1.29, 1.82) is 0 Å². The molecule has 0 aromatic heterocycles. The first kappa shape index (κ1) is 23.1. The number of fused-ring (bicyclic) bond motifs is 1. The van der Waals surface area contributed by atoms with Gasteiger partial charge in [0.1, 0.15) is 16.7 Å². The number of likely N-dealkylation sites (tertiary alicyclic amines) is 1. The maximum atomic E-state index is 13.0. The standard InChI is InChI=1S/C27H27N3O4S/c1-18-6-5-8-24(19(18)2)34-22-14-16-30(17-15-22)27(31)20-10-12-21(13-11-20)28-26-23-7-3-4-9-25(23)35(32,33)29-26/h3-13,22H,14-17H2,1-2H3,(H,28,29). The van der Waals surface area contributed by atoms with Crippen LogP contribution in [0.1, 0.15) is 39.9 Å². The quantitative estimate of drug-likeness (QED) is 0.581. The number of amidine groups is 1. The first-order chi connectivity index (χ1) is 16.8. The van der Waals surface area contributed by atoms with Crippen molar-refractivity contribution in [1.82, 2.24) is 4.90 Å². The number of amides is 1. The third-order valence-corrected chi connectivity index (χ3v) is 7.94. The van der Waals surface area contributed by atoms with E-state index in [1.54, 1.807) is 48.5 Å². The fourth-order valence-electron chi connectivity index (χ4n) is 4.42. The number of ether oxygens (including phenoxy) is 1. The number of hydrogen-bond donors (Lipinski definition) is 1. The molecule has 2 aliphatic rings. The summed E-state index contributed by atoms with van der Waals surface area (Å²) in [5.74, 6) is 1.18. The van der Waals surface area contributed by atoms with E-state index in [2.05, 4.69) is 29.6 Å². The molecule has 1 amide bonds. The van der Waals surface area contributed by atoms with Crippen LogP contribution in [-0.4, -0.2) is 44.3 Å². The normalized spacial score (nSPS) is 17.0. The van der Waals surface area contributed by atoms with Gasteiger partial charge in [-0.15, -0.1) is 4.40 Å². The second kappa shape index (κ2) is 9.19. The molecule has 180 valence electrons. The fourth-order valence-corrected chi connectivity index (χ4v) is 5.60. The summed E-state index contributed by atoms with van der Waals surface area (Å²) in [5, 5.41) is 3.07. The molecular formula is C27H27N3O4S. The molecule has 1 N–H and O–H groups in total. The van der Waals surface area contributed by atoms with Gasteiger partial charge >= 0.3 is 0 Å². The highest BCUT2D eigenvalue weighted by atomic mass is 32.2. The summed E-state index contributed by atoms with van der Waals surface area (Å²) in [5.41, 5.74) is 4.15. The molecule has 1 saturated heterocycles. The molecule has 35 heavy (non-hydrogen) atoms. The number of hydrogen-bond acceptors (Lipinski definition) is 5. The van der Waals surface area contributed by atoms with Crippen LogP contribution >= 0.6 is 0 Å². The summed E-state index contributed by atoms with van der Waals surface area (Å²) in [6, 6.07) is 19.8. The number of carbonyl (C=O) groups is 1. The van der Waals surface area contributed by atoms with E-state index in [0.29, 0.717) is 29.9 Å². The Labute approximate surface area is 205 Å². The van der Waals surface area contributed by atoms with E-state index in [9.17, 15) is 13.2 Å². The van der Waals surface area contributed by atoms with Gasteiger partial charge in [-0.3, -0.25) is 4.79 Å². The average molecular weight is 490 g/mol. The summed E-state index contributed by atoms with van der Waals surface area (Å²) in [7, 11) is -3.69. The number of anilines is 1. The van der Waals surface area contributed by atoms with Gasteiger partial charge in [-0.25, -0.2) is 0 Å². The number of nitrogens with zero attached hydrogens (tertiary/aromatic N) is 2. The number of benzene rings is 3. The van der Waals surface area contributed by atoms with Crippen LogP contribution in [0.3, 0.4) is 0 Å². The Balaban J connectivity index is 1.20. The predicted octanol–water partition coefficient (Wildman–Crippen LogP) is 4.55. The van der Waals surface area contributed by atoms with Gasteiger partial charge in [0.15, 0.2) is 5.84 Å². The van der Waals surface area contributed by atoms with E-state index >= 15 is 0 Å². The number of aryl methyl sites for hydroxylation is 1. The minimum atomic E-state index is -3.69. The Kier molecular flexibility index (Phi) is 6.06. The Morgan fingerprint density at radius 2 is 1.69 bits per heavy atom. The van der Waals surface area contributed by atoms with Crippen LogP contribution in [0.15, 0.2) is 76.0 Å². The van der Waals surface area contributed by atoms with Gasteiger partial charge in [0.2, 0.25) is 0 Å². The molecule has 8 heteroatoms. The molecule has 0 atom stereocenters. The number of carbonyl (C=O) groups excluding carboxylic acids is 1. The Morgan fingerprint density at radius 1 is 0.971 bits per heavy atom. The van der Waals surface area contributed by atoms with Crippen molar-refractivity contribution < 1.29 is 17.9 Å². The smallest absolute Gasteiger partial charge is 0.285 e. The molecule has 0 saturated carbocycles. The van der Waals surface area contributed by atoms with Gasteiger partial charge in [-0.05, 0) is 67.4 Å². The first-order valence-electron chi connectivity index (χ1n) is 11.7. The molecule has 0 aliphatic carbocycles. The van der Waals surface area contributed by atoms with Crippen molar-refractivity contribution in [2.45, 2.75) is 37.7 Å². The second-order valence-electron chi connectivity index (χ2n) is 8.92. The molecule has 7 nitrogen and oxygen atoms in total. The largest absolute Gasteiger partial charge is 0.490 e. The zero-order valence-corrected chi connectivity index (χ0v) is 20.5. The molecule has 0 bridgehead atoms. The van der Waals surface area contributed by atoms with Gasteiger partial charge in [0, 0.05) is 42.7 Å². The van der Waals surface area contributed by atoms with Gasteiger partial charge in [-0.1, -0.05) is 24.3 Å². The van der Waals surface area contributed by atoms with E-state index in [-0.39, 0.29) is 22.7 Å².